The van der Waals surface area contributed by atoms with Gasteiger partial charge in [0.05, 0.1) is 13.2 Å². The maximum atomic E-state index is 12.4. The van der Waals surface area contributed by atoms with E-state index in [4.69, 9.17) is 4.74 Å². The van der Waals surface area contributed by atoms with Crippen molar-refractivity contribution in [2.24, 2.45) is 0 Å². The summed E-state index contributed by atoms with van der Waals surface area (Å²) in [5.41, 5.74) is 1.95. The van der Waals surface area contributed by atoms with E-state index in [0.29, 0.717) is 6.54 Å². The second-order valence-corrected chi connectivity index (χ2v) is 5.78. The first-order chi connectivity index (χ1) is 10.2. The lowest BCUT2D eigenvalue weighted by Gasteiger charge is -2.25. The molecule has 0 spiro atoms. The number of nitrogens with zero attached hydrogens (tertiary/aromatic N) is 1. The topological polar surface area (TPSA) is 29.5 Å². The van der Waals surface area contributed by atoms with Crippen molar-refractivity contribution >= 4 is 5.78 Å². The molecule has 0 unspecified atom stereocenters. The predicted molar refractivity (Wildman–Crippen MR) is 86.2 cm³/mol. The summed E-state index contributed by atoms with van der Waals surface area (Å²) in [5.74, 6) is 1.16. The van der Waals surface area contributed by atoms with Crippen LogP contribution >= 0.6 is 0 Å². The van der Waals surface area contributed by atoms with Crippen molar-refractivity contribution in [2.75, 3.05) is 26.2 Å². The Labute approximate surface area is 128 Å². The van der Waals surface area contributed by atoms with Crippen LogP contribution in [0, 0.1) is 0 Å². The van der Waals surface area contributed by atoms with Gasteiger partial charge in [-0.2, -0.15) is 0 Å². The molecule has 1 heterocycles. The molecule has 116 valence electrons. The molecule has 0 atom stereocenters. The van der Waals surface area contributed by atoms with Crippen molar-refractivity contribution in [3.05, 3.63) is 29.3 Å². The summed E-state index contributed by atoms with van der Waals surface area (Å²) in [7, 11) is 0. The predicted octanol–water partition coefficient (Wildman–Crippen LogP) is 3.71. The lowest BCUT2D eigenvalue weighted by Crippen LogP contribution is -2.34. The highest BCUT2D eigenvalue weighted by molar-refractivity contribution is 5.98. The van der Waals surface area contributed by atoms with Crippen LogP contribution in [-0.4, -0.2) is 36.9 Å². The monoisotopic (exact) mass is 289 g/mol. The fourth-order valence-electron chi connectivity index (χ4n) is 2.79. The van der Waals surface area contributed by atoms with Crippen LogP contribution in [-0.2, 0) is 6.42 Å². The molecule has 3 nitrogen and oxygen atoms in total. The highest BCUT2D eigenvalue weighted by atomic mass is 16.5. The van der Waals surface area contributed by atoms with Crippen LogP contribution in [0.3, 0.4) is 0 Å². The number of ketones is 1. The van der Waals surface area contributed by atoms with Crippen LogP contribution in [0.15, 0.2) is 18.2 Å². The summed E-state index contributed by atoms with van der Waals surface area (Å²) in [5, 5.41) is 0. The molecule has 1 fully saturated rings. The van der Waals surface area contributed by atoms with Crippen LogP contribution in [0.25, 0.3) is 0 Å². The lowest BCUT2D eigenvalue weighted by molar-refractivity contribution is 0.0915. The number of hydrogen-bond acceptors (Lipinski definition) is 3. The Morgan fingerprint density at radius 3 is 2.62 bits per heavy atom. The van der Waals surface area contributed by atoms with Crippen LogP contribution in [0.5, 0.6) is 5.75 Å². The van der Waals surface area contributed by atoms with E-state index in [1.165, 1.54) is 19.3 Å². The van der Waals surface area contributed by atoms with Crippen molar-refractivity contribution in [1.82, 2.24) is 4.90 Å². The number of piperidine rings is 1. The maximum absolute atomic E-state index is 12.4. The average Bonchev–Trinajstić information content (AvgIpc) is 2.53. The Morgan fingerprint density at radius 2 is 1.95 bits per heavy atom. The van der Waals surface area contributed by atoms with E-state index < -0.39 is 0 Å². The molecule has 0 aromatic heterocycles. The average molecular weight is 289 g/mol. The van der Waals surface area contributed by atoms with Gasteiger partial charge in [0, 0.05) is 5.56 Å². The molecule has 0 aliphatic carbocycles. The molecule has 0 radical (unpaired) electrons. The zero-order chi connectivity index (χ0) is 15.1. The highest BCUT2D eigenvalue weighted by Crippen LogP contribution is 2.22. The van der Waals surface area contributed by atoms with Gasteiger partial charge in [0.15, 0.2) is 5.78 Å². The minimum absolute atomic E-state index is 0.230. The largest absolute Gasteiger partial charge is 0.493 e. The third-order valence-electron chi connectivity index (χ3n) is 4.04. The van der Waals surface area contributed by atoms with E-state index >= 15 is 0 Å². The summed E-state index contributed by atoms with van der Waals surface area (Å²) in [6.45, 7) is 7.61. The lowest BCUT2D eigenvalue weighted by atomic mass is 10.0. The Hall–Kier alpha value is -1.35. The molecule has 3 heteroatoms. The van der Waals surface area contributed by atoms with Crippen LogP contribution in [0.4, 0.5) is 0 Å². The van der Waals surface area contributed by atoms with Crippen LogP contribution < -0.4 is 4.74 Å². The molecule has 0 amide bonds. The number of rotatable bonds is 7. The number of aryl methyl sites for hydroxylation is 1. The van der Waals surface area contributed by atoms with E-state index in [9.17, 15) is 4.79 Å². The Morgan fingerprint density at radius 1 is 1.19 bits per heavy atom. The van der Waals surface area contributed by atoms with Crippen molar-refractivity contribution in [2.45, 2.75) is 46.0 Å². The molecular weight excluding hydrogens is 262 g/mol. The van der Waals surface area contributed by atoms with E-state index in [-0.39, 0.29) is 5.78 Å². The van der Waals surface area contributed by atoms with Gasteiger partial charge in [-0.1, -0.05) is 20.3 Å². The molecule has 1 saturated heterocycles. The van der Waals surface area contributed by atoms with Crippen molar-refractivity contribution < 1.29 is 9.53 Å². The highest BCUT2D eigenvalue weighted by Gasteiger charge is 2.16. The van der Waals surface area contributed by atoms with Gasteiger partial charge in [-0.15, -0.1) is 0 Å². The molecule has 1 aromatic carbocycles. The fourth-order valence-corrected chi connectivity index (χ4v) is 2.79. The van der Waals surface area contributed by atoms with E-state index in [1.54, 1.807) is 0 Å². The maximum Gasteiger partial charge on any atom is 0.176 e. The van der Waals surface area contributed by atoms with E-state index in [1.807, 2.05) is 18.2 Å². The third-order valence-corrected chi connectivity index (χ3v) is 4.04. The zero-order valence-electron chi connectivity index (χ0n) is 13.4. The number of carbonyl (C=O) groups excluding carboxylic acids is 1. The minimum atomic E-state index is 0.230. The summed E-state index contributed by atoms with van der Waals surface area (Å²) in [6, 6.07) is 5.88. The van der Waals surface area contributed by atoms with E-state index in [2.05, 4.69) is 18.7 Å². The van der Waals surface area contributed by atoms with Crippen molar-refractivity contribution in [1.29, 1.82) is 0 Å². The molecule has 0 N–H and O–H groups in total. The van der Waals surface area contributed by atoms with Gasteiger partial charge in [-0.05, 0) is 62.5 Å². The molecule has 2 rings (SSSR count). The third kappa shape index (κ3) is 4.57. The van der Waals surface area contributed by atoms with Crippen molar-refractivity contribution in [3.8, 4) is 5.75 Å². The Bertz CT molecular complexity index is 464. The normalized spacial score (nSPS) is 15.9. The smallest absolute Gasteiger partial charge is 0.176 e. The molecule has 1 aromatic rings. The first kappa shape index (κ1) is 16.0. The van der Waals surface area contributed by atoms with E-state index in [0.717, 1.165) is 49.4 Å². The standard InChI is InChI=1S/C18H27NO2/c1-3-12-21-18-9-8-16(13-15(18)4-2)17(20)14-19-10-6-5-7-11-19/h8-9,13H,3-7,10-12,14H2,1-2H3. The number of carbonyl (C=O) groups is 1. The first-order valence-electron chi connectivity index (χ1n) is 8.25. The summed E-state index contributed by atoms with van der Waals surface area (Å²) < 4.78 is 5.74. The Kier molecular flexibility index (Phi) is 6.24. The summed E-state index contributed by atoms with van der Waals surface area (Å²) >= 11 is 0. The van der Waals surface area contributed by atoms with Gasteiger partial charge in [0.25, 0.3) is 0 Å². The van der Waals surface area contributed by atoms with Crippen molar-refractivity contribution in [3.63, 3.8) is 0 Å². The van der Waals surface area contributed by atoms with Gasteiger partial charge in [0.2, 0.25) is 0 Å². The molecule has 1 aliphatic rings. The second kappa shape index (κ2) is 8.18. The number of Topliss-reactive ketones (excluding diaryl/α,β-unsaturated/α-hetero) is 1. The van der Waals surface area contributed by atoms with Gasteiger partial charge >= 0.3 is 0 Å². The van der Waals surface area contributed by atoms with Gasteiger partial charge in [0.1, 0.15) is 5.75 Å². The van der Waals surface area contributed by atoms with Gasteiger partial charge in [-0.3, -0.25) is 9.69 Å². The second-order valence-electron chi connectivity index (χ2n) is 5.78. The SMILES string of the molecule is CCCOc1ccc(C(=O)CN2CCCCC2)cc1CC. The summed E-state index contributed by atoms with van der Waals surface area (Å²) in [6.07, 6.45) is 5.63. The minimum Gasteiger partial charge on any atom is -0.493 e. The molecule has 21 heavy (non-hydrogen) atoms. The molecule has 0 saturated carbocycles. The molecular formula is C18H27NO2. The molecule has 0 bridgehead atoms. The number of hydrogen-bond donors (Lipinski definition) is 0. The number of ether oxygens (including phenoxy) is 1. The Balaban J connectivity index is 2.03. The number of likely N-dealkylation sites (tertiary alicyclic amines) is 1. The van der Waals surface area contributed by atoms with Crippen LogP contribution in [0.2, 0.25) is 0 Å². The van der Waals surface area contributed by atoms with Gasteiger partial charge < -0.3 is 4.74 Å². The quantitative estimate of drug-likeness (QED) is 0.717. The fraction of sp³-hybridized carbons (Fsp3) is 0.611. The van der Waals surface area contributed by atoms with Gasteiger partial charge in [-0.25, -0.2) is 0 Å². The summed E-state index contributed by atoms with van der Waals surface area (Å²) in [4.78, 5) is 14.7. The zero-order valence-corrected chi connectivity index (χ0v) is 13.4. The number of benzene rings is 1. The van der Waals surface area contributed by atoms with Crippen LogP contribution in [0.1, 0.15) is 55.5 Å². The first-order valence-corrected chi connectivity index (χ1v) is 8.25. The molecule has 1 aliphatic heterocycles.